The van der Waals surface area contributed by atoms with Gasteiger partial charge in [-0.3, -0.25) is 4.79 Å². The third-order valence-corrected chi connectivity index (χ3v) is 3.07. The quantitative estimate of drug-likeness (QED) is 0.520. The summed E-state index contributed by atoms with van der Waals surface area (Å²) in [6.45, 7) is 1.35. The van der Waals surface area contributed by atoms with Crippen molar-refractivity contribution < 1.29 is 24.2 Å². The van der Waals surface area contributed by atoms with Gasteiger partial charge in [-0.15, -0.1) is 0 Å². The predicted molar refractivity (Wildman–Crippen MR) is 86.6 cm³/mol. The van der Waals surface area contributed by atoms with Gasteiger partial charge in [0.05, 0.1) is 7.11 Å². The van der Waals surface area contributed by atoms with E-state index >= 15 is 0 Å². The van der Waals surface area contributed by atoms with E-state index < -0.39 is 5.97 Å². The van der Waals surface area contributed by atoms with Crippen LogP contribution in [-0.4, -0.2) is 24.2 Å². The molecule has 0 unspecified atom stereocenters. The van der Waals surface area contributed by atoms with Crippen molar-refractivity contribution in [3.05, 3.63) is 59.2 Å². The highest BCUT2D eigenvalue weighted by Gasteiger charge is 2.10. The molecule has 0 spiro atoms. The first-order valence-electron chi connectivity index (χ1n) is 6.87. The Kier molecular flexibility index (Phi) is 5.15. The van der Waals surface area contributed by atoms with Crippen molar-refractivity contribution in [3.8, 4) is 11.5 Å². The van der Waals surface area contributed by atoms with Crippen LogP contribution >= 0.6 is 0 Å². The smallest absolute Gasteiger partial charge is 0.339 e. The van der Waals surface area contributed by atoms with E-state index in [-0.39, 0.29) is 11.5 Å². The van der Waals surface area contributed by atoms with E-state index in [0.29, 0.717) is 11.5 Å². The molecule has 0 bridgehead atoms. The second kappa shape index (κ2) is 7.26. The van der Waals surface area contributed by atoms with Gasteiger partial charge in [0.1, 0.15) is 17.1 Å². The highest BCUT2D eigenvalue weighted by Crippen LogP contribution is 2.22. The number of hydrogen-bond donors (Lipinski definition) is 1. The van der Waals surface area contributed by atoms with E-state index in [9.17, 15) is 9.59 Å². The second-order valence-electron chi connectivity index (χ2n) is 4.76. The lowest BCUT2D eigenvalue weighted by Crippen LogP contribution is -2.00. The lowest BCUT2D eigenvalue weighted by Gasteiger charge is -2.05. The summed E-state index contributed by atoms with van der Waals surface area (Å²) in [6.07, 6.45) is 3.71. The van der Waals surface area contributed by atoms with Gasteiger partial charge in [-0.25, -0.2) is 4.79 Å². The fraction of sp³-hybridized carbons (Fsp3) is 0.111. The van der Waals surface area contributed by atoms with Crippen LogP contribution in [-0.2, 0) is 4.79 Å². The van der Waals surface area contributed by atoms with Crippen LogP contribution in [0.2, 0.25) is 0 Å². The molecule has 0 aliphatic rings. The highest BCUT2D eigenvalue weighted by molar-refractivity contribution is 5.91. The van der Waals surface area contributed by atoms with Crippen LogP contribution in [0.3, 0.4) is 0 Å². The van der Waals surface area contributed by atoms with Gasteiger partial charge in [-0.2, -0.15) is 0 Å². The van der Waals surface area contributed by atoms with Crippen molar-refractivity contribution in [2.75, 3.05) is 7.11 Å². The Hall–Kier alpha value is -3.08. The molecule has 2 aromatic rings. The largest absolute Gasteiger partial charge is 0.496 e. The van der Waals surface area contributed by atoms with Crippen molar-refractivity contribution in [2.24, 2.45) is 0 Å². The van der Waals surface area contributed by atoms with Crippen LogP contribution < -0.4 is 9.47 Å². The maximum absolute atomic E-state index is 11.0. The summed E-state index contributed by atoms with van der Waals surface area (Å²) in [5.41, 5.74) is 1.86. The summed E-state index contributed by atoms with van der Waals surface area (Å²) in [4.78, 5) is 21.9. The summed E-state index contributed by atoms with van der Waals surface area (Å²) in [6, 6.07) is 11.9. The number of carbonyl (C=O) groups is 2. The molecule has 0 amide bonds. The number of carboxylic acids is 1. The molecule has 0 saturated heterocycles. The molecule has 1 N–H and O–H groups in total. The van der Waals surface area contributed by atoms with Crippen LogP contribution in [0.5, 0.6) is 11.5 Å². The van der Waals surface area contributed by atoms with Crippen molar-refractivity contribution in [1.82, 2.24) is 0 Å². The first-order chi connectivity index (χ1) is 11.0. The molecule has 0 aliphatic carbocycles. The number of carbonyl (C=O) groups excluding carboxylic acids is 1. The Bertz CT molecular complexity index is 745. The molecule has 2 aromatic carbocycles. The van der Waals surface area contributed by atoms with Gasteiger partial charge < -0.3 is 14.6 Å². The topological polar surface area (TPSA) is 72.8 Å². The summed E-state index contributed by atoms with van der Waals surface area (Å²) >= 11 is 0. The molecule has 0 heterocycles. The average molecular weight is 312 g/mol. The number of methoxy groups -OCH3 is 1. The average Bonchev–Trinajstić information content (AvgIpc) is 2.53. The van der Waals surface area contributed by atoms with Crippen LogP contribution in [0.25, 0.3) is 12.2 Å². The Labute approximate surface area is 133 Å². The minimum atomic E-state index is -1.03. The third-order valence-electron chi connectivity index (χ3n) is 3.07. The zero-order valence-electron chi connectivity index (χ0n) is 12.8. The molecule has 0 radical (unpaired) electrons. The number of rotatable bonds is 5. The molecular formula is C18H16O5. The Morgan fingerprint density at radius 3 is 2.17 bits per heavy atom. The SMILES string of the molecule is COc1cc(/C=C/c2ccc(OC(C)=O)cc2)ccc1C(=O)O. The fourth-order valence-corrected chi connectivity index (χ4v) is 1.99. The number of benzene rings is 2. The van der Waals surface area contributed by atoms with E-state index in [1.54, 1.807) is 24.3 Å². The lowest BCUT2D eigenvalue weighted by molar-refractivity contribution is -0.131. The van der Waals surface area contributed by atoms with Gasteiger partial charge >= 0.3 is 11.9 Å². The standard InChI is InChI=1S/C18H16O5/c1-12(19)23-15-8-5-13(6-9-15)3-4-14-7-10-16(18(20)21)17(11-14)22-2/h3-11H,1-2H3,(H,20,21)/b4-3+. The zero-order valence-corrected chi connectivity index (χ0v) is 12.8. The fourth-order valence-electron chi connectivity index (χ4n) is 1.99. The maximum Gasteiger partial charge on any atom is 0.339 e. The number of aromatic carboxylic acids is 1. The summed E-state index contributed by atoms with van der Waals surface area (Å²) in [7, 11) is 1.43. The van der Waals surface area contributed by atoms with Crippen LogP contribution in [0.15, 0.2) is 42.5 Å². The number of esters is 1. The van der Waals surface area contributed by atoms with Gasteiger partial charge in [0.2, 0.25) is 0 Å². The zero-order chi connectivity index (χ0) is 16.8. The van der Waals surface area contributed by atoms with Gasteiger partial charge in [0, 0.05) is 6.92 Å². The van der Waals surface area contributed by atoms with Crippen molar-refractivity contribution in [2.45, 2.75) is 6.92 Å². The maximum atomic E-state index is 11.0. The molecule has 0 aromatic heterocycles. The normalized spacial score (nSPS) is 10.5. The van der Waals surface area contributed by atoms with Crippen molar-refractivity contribution in [1.29, 1.82) is 0 Å². The summed E-state index contributed by atoms with van der Waals surface area (Å²) in [5.74, 6) is -0.593. The predicted octanol–water partition coefficient (Wildman–Crippen LogP) is 3.49. The van der Waals surface area contributed by atoms with E-state index in [0.717, 1.165) is 11.1 Å². The Balaban J connectivity index is 2.16. The van der Waals surface area contributed by atoms with Gasteiger partial charge in [-0.1, -0.05) is 30.4 Å². The minimum Gasteiger partial charge on any atom is -0.496 e. The molecule has 0 atom stereocenters. The first-order valence-corrected chi connectivity index (χ1v) is 6.87. The molecule has 0 saturated carbocycles. The molecule has 2 rings (SSSR count). The van der Waals surface area contributed by atoms with Gasteiger partial charge in [0.25, 0.3) is 0 Å². The molecule has 118 valence electrons. The minimum absolute atomic E-state index is 0.121. The van der Waals surface area contributed by atoms with E-state index in [2.05, 4.69) is 0 Å². The summed E-state index contributed by atoms with van der Waals surface area (Å²) in [5, 5.41) is 9.05. The van der Waals surface area contributed by atoms with E-state index in [1.807, 2.05) is 24.3 Å². The van der Waals surface area contributed by atoms with Crippen LogP contribution in [0.4, 0.5) is 0 Å². The van der Waals surface area contributed by atoms with Crippen molar-refractivity contribution >= 4 is 24.1 Å². The monoisotopic (exact) mass is 312 g/mol. The molecule has 5 nitrogen and oxygen atoms in total. The van der Waals surface area contributed by atoms with Crippen LogP contribution in [0.1, 0.15) is 28.4 Å². The van der Waals surface area contributed by atoms with E-state index in [1.165, 1.54) is 20.1 Å². The Morgan fingerprint density at radius 2 is 1.61 bits per heavy atom. The number of carboxylic acid groups (broad SMARTS) is 1. The third kappa shape index (κ3) is 4.44. The van der Waals surface area contributed by atoms with E-state index in [4.69, 9.17) is 14.6 Å². The molecule has 0 aliphatic heterocycles. The Morgan fingerprint density at radius 1 is 1.00 bits per heavy atom. The molecule has 23 heavy (non-hydrogen) atoms. The molecular weight excluding hydrogens is 296 g/mol. The molecule has 0 fully saturated rings. The summed E-state index contributed by atoms with van der Waals surface area (Å²) < 4.78 is 10.1. The number of hydrogen-bond acceptors (Lipinski definition) is 4. The second-order valence-corrected chi connectivity index (χ2v) is 4.76. The lowest BCUT2D eigenvalue weighted by atomic mass is 10.1. The number of ether oxygens (including phenoxy) is 2. The van der Waals surface area contributed by atoms with Gasteiger partial charge in [-0.05, 0) is 35.4 Å². The van der Waals surface area contributed by atoms with Crippen LogP contribution in [0, 0.1) is 0 Å². The highest BCUT2D eigenvalue weighted by atomic mass is 16.5. The van der Waals surface area contributed by atoms with Gasteiger partial charge in [0.15, 0.2) is 0 Å². The van der Waals surface area contributed by atoms with Crippen molar-refractivity contribution in [3.63, 3.8) is 0 Å². The first kappa shape index (κ1) is 16.3. The molecule has 5 heteroatoms.